The van der Waals surface area contributed by atoms with Gasteiger partial charge in [0.05, 0.1) is 17.0 Å². The van der Waals surface area contributed by atoms with Crippen molar-refractivity contribution in [2.45, 2.75) is 39.5 Å². The molecule has 5 nitrogen and oxygen atoms in total. The Balaban J connectivity index is 1.39. The molecule has 0 radical (unpaired) electrons. The Labute approximate surface area is 193 Å². The number of carbonyl (C=O) groups is 2. The van der Waals surface area contributed by atoms with Crippen molar-refractivity contribution in [1.82, 2.24) is 14.8 Å². The molecular weight excluding hydrogens is 454 g/mol. The topological polar surface area (TPSA) is 53.5 Å². The van der Waals surface area contributed by atoms with Crippen LogP contribution in [0.2, 0.25) is 0 Å². The van der Waals surface area contributed by atoms with Crippen LogP contribution in [-0.2, 0) is 4.79 Å². The number of benzene rings is 1. The summed E-state index contributed by atoms with van der Waals surface area (Å²) in [6.45, 7) is 7.14. The van der Waals surface area contributed by atoms with E-state index in [1.165, 1.54) is 6.42 Å². The van der Waals surface area contributed by atoms with E-state index in [9.17, 15) is 9.59 Å². The zero-order valence-corrected chi connectivity index (χ0v) is 19.9. The molecule has 3 heterocycles. The minimum absolute atomic E-state index is 0.0169. The first kappa shape index (κ1) is 22.0. The van der Waals surface area contributed by atoms with Crippen molar-refractivity contribution in [3.05, 3.63) is 52.1 Å². The summed E-state index contributed by atoms with van der Waals surface area (Å²) in [7, 11) is 0. The molecule has 6 heteroatoms. The fourth-order valence-electron chi connectivity index (χ4n) is 4.74. The SMILES string of the molecule is Cc1nc(-c2cccc(Br)c2)ccc1C(=O)N1CCC(C(=O)N2CCCC(C)C2)CC1. The van der Waals surface area contributed by atoms with E-state index in [1.54, 1.807) is 0 Å². The highest BCUT2D eigenvalue weighted by atomic mass is 79.9. The van der Waals surface area contributed by atoms with Gasteiger partial charge in [0, 0.05) is 42.1 Å². The van der Waals surface area contributed by atoms with Crippen LogP contribution < -0.4 is 0 Å². The fraction of sp³-hybridized carbons (Fsp3) is 0.480. The van der Waals surface area contributed by atoms with E-state index in [0.717, 1.165) is 53.8 Å². The molecule has 2 fully saturated rings. The number of aryl methyl sites for hydroxylation is 1. The number of amides is 2. The molecule has 1 aromatic heterocycles. The fourth-order valence-corrected chi connectivity index (χ4v) is 5.14. The van der Waals surface area contributed by atoms with E-state index >= 15 is 0 Å². The number of pyridine rings is 1. The lowest BCUT2D eigenvalue weighted by atomic mass is 9.92. The molecule has 31 heavy (non-hydrogen) atoms. The van der Waals surface area contributed by atoms with Gasteiger partial charge < -0.3 is 9.80 Å². The quantitative estimate of drug-likeness (QED) is 0.621. The van der Waals surface area contributed by atoms with Crippen molar-refractivity contribution in [3.63, 3.8) is 0 Å². The predicted octanol–water partition coefficient (Wildman–Crippen LogP) is 4.93. The monoisotopic (exact) mass is 483 g/mol. The number of nitrogens with zero attached hydrogens (tertiary/aromatic N) is 3. The Bertz CT molecular complexity index is 969. The molecule has 0 saturated carbocycles. The van der Waals surface area contributed by atoms with Crippen LogP contribution in [-0.4, -0.2) is 52.8 Å². The summed E-state index contributed by atoms with van der Waals surface area (Å²) in [4.78, 5) is 34.6. The van der Waals surface area contributed by atoms with E-state index in [1.807, 2.05) is 53.1 Å². The van der Waals surface area contributed by atoms with E-state index in [0.29, 0.717) is 24.6 Å². The van der Waals surface area contributed by atoms with Gasteiger partial charge in [-0.05, 0) is 62.8 Å². The third-order valence-electron chi connectivity index (χ3n) is 6.54. The molecule has 0 spiro atoms. The molecular formula is C25H30BrN3O2. The number of rotatable bonds is 3. The van der Waals surface area contributed by atoms with E-state index in [-0.39, 0.29) is 17.7 Å². The zero-order valence-electron chi connectivity index (χ0n) is 18.3. The van der Waals surface area contributed by atoms with Crippen molar-refractivity contribution in [2.75, 3.05) is 26.2 Å². The number of hydrogen-bond donors (Lipinski definition) is 0. The van der Waals surface area contributed by atoms with Crippen LogP contribution in [0.5, 0.6) is 0 Å². The molecule has 1 atom stereocenters. The Morgan fingerprint density at radius 3 is 2.48 bits per heavy atom. The standard InChI is InChI=1S/C25H30BrN3O2/c1-17-5-4-12-29(16-17)24(30)19-10-13-28(14-11-19)25(31)22-8-9-23(27-18(22)2)20-6-3-7-21(26)15-20/h3,6-9,15,17,19H,4-5,10-14,16H2,1-2H3. The molecule has 0 bridgehead atoms. The van der Waals surface area contributed by atoms with Gasteiger partial charge >= 0.3 is 0 Å². The average Bonchev–Trinajstić information content (AvgIpc) is 2.78. The van der Waals surface area contributed by atoms with E-state index in [2.05, 4.69) is 27.8 Å². The number of hydrogen-bond acceptors (Lipinski definition) is 3. The first-order chi connectivity index (χ1) is 14.9. The highest BCUT2D eigenvalue weighted by Gasteiger charge is 2.32. The summed E-state index contributed by atoms with van der Waals surface area (Å²) in [5.41, 5.74) is 3.26. The minimum atomic E-state index is 0.0169. The lowest BCUT2D eigenvalue weighted by Gasteiger charge is -2.37. The molecule has 2 aliphatic heterocycles. The molecule has 164 valence electrons. The van der Waals surface area contributed by atoms with Gasteiger partial charge in [-0.15, -0.1) is 0 Å². The Morgan fingerprint density at radius 2 is 1.81 bits per heavy atom. The second-order valence-electron chi connectivity index (χ2n) is 8.94. The Kier molecular flexibility index (Phi) is 6.75. The molecule has 2 amide bonds. The van der Waals surface area contributed by atoms with E-state index < -0.39 is 0 Å². The average molecular weight is 484 g/mol. The number of likely N-dealkylation sites (tertiary alicyclic amines) is 2. The lowest BCUT2D eigenvalue weighted by Crippen LogP contribution is -2.47. The van der Waals surface area contributed by atoms with Gasteiger partial charge in [0.1, 0.15) is 0 Å². The summed E-state index contributed by atoms with van der Waals surface area (Å²) in [6, 6.07) is 11.8. The van der Waals surface area contributed by atoms with Crippen LogP contribution in [0, 0.1) is 18.8 Å². The van der Waals surface area contributed by atoms with Gasteiger partial charge in [0.15, 0.2) is 0 Å². The van der Waals surface area contributed by atoms with Crippen LogP contribution in [0.25, 0.3) is 11.3 Å². The van der Waals surface area contributed by atoms with Crippen LogP contribution in [0.1, 0.15) is 48.7 Å². The predicted molar refractivity (Wildman–Crippen MR) is 126 cm³/mol. The molecule has 4 rings (SSSR count). The van der Waals surface area contributed by atoms with Crippen LogP contribution >= 0.6 is 15.9 Å². The summed E-state index contributed by atoms with van der Waals surface area (Å²) in [5, 5.41) is 0. The van der Waals surface area contributed by atoms with Gasteiger partial charge in [0.25, 0.3) is 5.91 Å². The maximum atomic E-state index is 13.1. The number of aromatic nitrogens is 1. The molecule has 2 saturated heterocycles. The summed E-state index contributed by atoms with van der Waals surface area (Å²) < 4.78 is 1.00. The smallest absolute Gasteiger partial charge is 0.255 e. The Morgan fingerprint density at radius 1 is 1.03 bits per heavy atom. The largest absolute Gasteiger partial charge is 0.342 e. The van der Waals surface area contributed by atoms with Crippen molar-refractivity contribution < 1.29 is 9.59 Å². The maximum Gasteiger partial charge on any atom is 0.255 e. The Hall–Kier alpha value is -2.21. The molecule has 1 unspecified atom stereocenters. The first-order valence-electron chi connectivity index (χ1n) is 11.2. The van der Waals surface area contributed by atoms with Crippen LogP contribution in [0.15, 0.2) is 40.9 Å². The minimum Gasteiger partial charge on any atom is -0.342 e. The van der Waals surface area contributed by atoms with Crippen LogP contribution in [0.3, 0.4) is 0 Å². The third-order valence-corrected chi connectivity index (χ3v) is 7.03. The highest BCUT2D eigenvalue weighted by molar-refractivity contribution is 9.10. The van der Waals surface area contributed by atoms with Crippen LogP contribution in [0.4, 0.5) is 0 Å². The summed E-state index contributed by atoms with van der Waals surface area (Å²) >= 11 is 3.50. The normalized spacial score (nSPS) is 20.0. The van der Waals surface area contributed by atoms with Gasteiger partial charge in [0.2, 0.25) is 5.91 Å². The maximum absolute atomic E-state index is 13.1. The molecule has 2 aliphatic rings. The molecule has 1 aromatic carbocycles. The van der Waals surface area contributed by atoms with Gasteiger partial charge in [-0.3, -0.25) is 14.6 Å². The highest BCUT2D eigenvalue weighted by Crippen LogP contribution is 2.26. The molecule has 0 N–H and O–H groups in total. The van der Waals surface area contributed by atoms with E-state index in [4.69, 9.17) is 0 Å². The summed E-state index contributed by atoms with van der Waals surface area (Å²) in [5.74, 6) is 0.945. The number of piperidine rings is 2. The van der Waals surface area contributed by atoms with Gasteiger partial charge in [-0.2, -0.15) is 0 Å². The van der Waals surface area contributed by atoms with Gasteiger partial charge in [-0.1, -0.05) is 35.0 Å². The molecule has 0 aliphatic carbocycles. The van der Waals surface area contributed by atoms with Crippen molar-refractivity contribution in [2.24, 2.45) is 11.8 Å². The second-order valence-corrected chi connectivity index (χ2v) is 9.85. The number of carbonyl (C=O) groups excluding carboxylic acids is 2. The lowest BCUT2D eigenvalue weighted by molar-refractivity contribution is -0.138. The first-order valence-corrected chi connectivity index (χ1v) is 12.0. The van der Waals surface area contributed by atoms with Crippen molar-refractivity contribution >= 4 is 27.7 Å². The third kappa shape index (κ3) is 5.00. The zero-order chi connectivity index (χ0) is 22.0. The van der Waals surface area contributed by atoms with Gasteiger partial charge in [-0.25, -0.2) is 0 Å². The second kappa shape index (κ2) is 9.51. The number of halogens is 1. The van der Waals surface area contributed by atoms with Crippen molar-refractivity contribution in [1.29, 1.82) is 0 Å². The summed E-state index contributed by atoms with van der Waals surface area (Å²) in [6.07, 6.45) is 3.81. The van der Waals surface area contributed by atoms with Crippen molar-refractivity contribution in [3.8, 4) is 11.3 Å². The molecule has 2 aromatic rings.